The minimum atomic E-state index is -0.0445. The van der Waals surface area contributed by atoms with Crippen LogP contribution in [0.1, 0.15) is 43.0 Å². The summed E-state index contributed by atoms with van der Waals surface area (Å²) in [5, 5.41) is 13.5. The van der Waals surface area contributed by atoms with Crippen LogP contribution in [0.5, 0.6) is 5.75 Å². The lowest BCUT2D eigenvalue weighted by molar-refractivity contribution is 0.0628. The lowest BCUT2D eigenvalue weighted by atomic mass is 9.97. The molecule has 1 aromatic carbocycles. The molecule has 0 aromatic heterocycles. The van der Waals surface area contributed by atoms with E-state index in [9.17, 15) is 9.90 Å². The zero-order valence-electron chi connectivity index (χ0n) is 11.9. The summed E-state index contributed by atoms with van der Waals surface area (Å²) in [7, 11) is 0. The van der Waals surface area contributed by atoms with E-state index in [1.54, 1.807) is 24.3 Å². The van der Waals surface area contributed by atoms with Gasteiger partial charge in [-0.1, -0.05) is 12.1 Å². The second-order valence-electron chi connectivity index (χ2n) is 5.87. The van der Waals surface area contributed by atoms with Crippen molar-refractivity contribution < 1.29 is 9.90 Å². The lowest BCUT2D eigenvalue weighted by Gasteiger charge is -2.37. The van der Waals surface area contributed by atoms with E-state index in [0.717, 1.165) is 12.8 Å². The van der Waals surface area contributed by atoms with Crippen molar-refractivity contribution in [3.8, 4) is 5.75 Å². The molecule has 4 heteroatoms. The van der Waals surface area contributed by atoms with Crippen LogP contribution in [0.3, 0.4) is 0 Å². The Balaban J connectivity index is 1.79. The number of benzene rings is 1. The maximum absolute atomic E-state index is 12.7. The third kappa shape index (κ3) is 2.40. The fourth-order valence-electron chi connectivity index (χ4n) is 3.66. The van der Waals surface area contributed by atoms with Crippen molar-refractivity contribution in [3.05, 3.63) is 29.8 Å². The fraction of sp³-hybridized carbons (Fsp3) is 0.562. The molecule has 1 aromatic rings. The topological polar surface area (TPSA) is 52.6 Å². The normalized spacial score (nSPS) is 28.4. The van der Waals surface area contributed by atoms with E-state index >= 15 is 0 Å². The molecule has 2 unspecified atom stereocenters. The highest BCUT2D eigenvalue weighted by atomic mass is 16.3. The van der Waals surface area contributed by atoms with Crippen LogP contribution in [-0.4, -0.2) is 40.6 Å². The molecule has 4 nitrogen and oxygen atoms in total. The summed E-state index contributed by atoms with van der Waals surface area (Å²) in [6.45, 7) is 2.71. The van der Waals surface area contributed by atoms with Crippen molar-refractivity contribution in [2.75, 3.05) is 6.54 Å². The van der Waals surface area contributed by atoms with Gasteiger partial charge in [-0.3, -0.25) is 4.79 Å². The number of carbonyl (C=O) groups excluding carboxylic acids is 1. The molecule has 2 aliphatic rings. The molecule has 2 bridgehead atoms. The minimum absolute atomic E-state index is 0.0445. The van der Waals surface area contributed by atoms with Crippen LogP contribution in [0, 0.1) is 0 Å². The second-order valence-corrected chi connectivity index (χ2v) is 5.87. The van der Waals surface area contributed by atoms with Crippen molar-refractivity contribution >= 4 is 5.91 Å². The number of amides is 1. The summed E-state index contributed by atoms with van der Waals surface area (Å²) in [6, 6.07) is 8.24. The van der Waals surface area contributed by atoms with Gasteiger partial charge in [-0.15, -0.1) is 0 Å². The molecule has 2 atom stereocenters. The first-order chi connectivity index (χ1) is 9.69. The number of phenolic OH excluding ortho intramolecular Hbond substituents is 1. The Morgan fingerprint density at radius 2 is 1.95 bits per heavy atom. The Morgan fingerprint density at radius 1 is 1.30 bits per heavy atom. The minimum Gasteiger partial charge on any atom is -0.507 e. The molecule has 3 rings (SSSR count). The number of nitrogens with one attached hydrogen (secondary N) is 1. The quantitative estimate of drug-likeness (QED) is 0.888. The number of hydrogen-bond donors (Lipinski definition) is 2. The molecule has 0 aliphatic carbocycles. The highest BCUT2D eigenvalue weighted by Gasteiger charge is 2.37. The van der Waals surface area contributed by atoms with E-state index < -0.39 is 0 Å². The van der Waals surface area contributed by atoms with Gasteiger partial charge in [-0.25, -0.2) is 0 Å². The van der Waals surface area contributed by atoms with Gasteiger partial charge in [0.15, 0.2) is 0 Å². The van der Waals surface area contributed by atoms with E-state index in [4.69, 9.17) is 0 Å². The number of aromatic hydroxyl groups is 1. The summed E-state index contributed by atoms with van der Waals surface area (Å²) in [5.74, 6) is 0.0322. The van der Waals surface area contributed by atoms with Gasteiger partial charge in [0, 0.05) is 24.7 Å². The monoisotopic (exact) mass is 274 g/mol. The Labute approximate surface area is 119 Å². The number of fused-ring (bicyclic) bond motifs is 2. The number of rotatable bonds is 3. The average molecular weight is 274 g/mol. The number of hydrogen-bond acceptors (Lipinski definition) is 3. The summed E-state index contributed by atoms with van der Waals surface area (Å²) in [6.07, 6.45) is 4.51. The van der Waals surface area contributed by atoms with Crippen LogP contribution in [-0.2, 0) is 0 Å². The Morgan fingerprint density at radius 3 is 2.55 bits per heavy atom. The Bertz CT molecular complexity index is 491. The summed E-state index contributed by atoms with van der Waals surface area (Å²) >= 11 is 0. The van der Waals surface area contributed by atoms with Crippen LogP contribution >= 0.6 is 0 Å². The van der Waals surface area contributed by atoms with Gasteiger partial charge >= 0.3 is 0 Å². The molecule has 1 amide bonds. The van der Waals surface area contributed by atoms with Crippen molar-refractivity contribution in [3.63, 3.8) is 0 Å². The first-order valence-corrected chi connectivity index (χ1v) is 7.54. The molecule has 0 radical (unpaired) electrons. The standard InChI is InChI=1S/C16H22N2O2/c1-2-18(13-9-11-7-8-12(10-13)17-11)16(20)14-5-3-4-6-15(14)19/h3-6,11-13,17,19H,2,7-10H2,1H3. The maximum Gasteiger partial charge on any atom is 0.257 e. The molecule has 20 heavy (non-hydrogen) atoms. The molecule has 0 spiro atoms. The number of nitrogens with zero attached hydrogens (tertiary/aromatic N) is 1. The maximum atomic E-state index is 12.7. The molecule has 2 fully saturated rings. The third-order valence-electron chi connectivity index (χ3n) is 4.62. The lowest BCUT2D eigenvalue weighted by Crippen LogP contribution is -2.50. The molecule has 2 aliphatic heterocycles. The first kappa shape index (κ1) is 13.4. The average Bonchev–Trinajstić information content (AvgIpc) is 2.79. The van der Waals surface area contributed by atoms with Crippen LogP contribution in [0.25, 0.3) is 0 Å². The third-order valence-corrected chi connectivity index (χ3v) is 4.62. The molecule has 2 heterocycles. The Kier molecular flexibility index (Phi) is 3.66. The SMILES string of the molecule is CCN(C(=O)c1ccccc1O)C1CC2CCC(C1)N2. The summed E-state index contributed by atoms with van der Waals surface area (Å²) < 4.78 is 0. The smallest absolute Gasteiger partial charge is 0.257 e. The van der Waals surface area contributed by atoms with Crippen molar-refractivity contribution in [2.45, 2.75) is 50.7 Å². The van der Waals surface area contributed by atoms with Gasteiger partial charge in [0.05, 0.1) is 5.56 Å². The van der Waals surface area contributed by atoms with Gasteiger partial charge in [0.1, 0.15) is 5.75 Å². The second kappa shape index (κ2) is 5.44. The predicted octanol–water partition coefficient (Wildman–Crippen LogP) is 2.14. The Hall–Kier alpha value is -1.55. The molecular formula is C16H22N2O2. The van der Waals surface area contributed by atoms with Gasteiger partial charge in [-0.2, -0.15) is 0 Å². The van der Waals surface area contributed by atoms with Crippen LogP contribution < -0.4 is 5.32 Å². The fourth-order valence-corrected chi connectivity index (χ4v) is 3.66. The highest BCUT2D eigenvalue weighted by molar-refractivity contribution is 5.97. The number of piperidine rings is 1. The van der Waals surface area contributed by atoms with Crippen LogP contribution in [0.4, 0.5) is 0 Å². The van der Waals surface area contributed by atoms with Crippen molar-refractivity contribution in [1.82, 2.24) is 10.2 Å². The molecule has 108 valence electrons. The first-order valence-electron chi connectivity index (χ1n) is 7.54. The molecule has 2 N–H and O–H groups in total. The van der Waals surface area contributed by atoms with E-state index in [1.165, 1.54) is 12.8 Å². The number of phenols is 1. The molecular weight excluding hydrogens is 252 g/mol. The summed E-state index contributed by atoms with van der Waals surface area (Å²) in [5.41, 5.74) is 0.417. The molecule has 0 saturated carbocycles. The number of carbonyl (C=O) groups is 1. The van der Waals surface area contributed by atoms with E-state index in [1.807, 2.05) is 11.8 Å². The van der Waals surface area contributed by atoms with E-state index in [-0.39, 0.29) is 11.7 Å². The predicted molar refractivity (Wildman–Crippen MR) is 77.8 cm³/mol. The zero-order chi connectivity index (χ0) is 14.1. The van der Waals surface area contributed by atoms with Gasteiger partial charge < -0.3 is 15.3 Å². The molecule has 2 saturated heterocycles. The van der Waals surface area contributed by atoms with Crippen molar-refractivity contribution in [2.24, 2.45) is 0 Å². The zero-order valence-corrected chi connectivity index (χ0v) is 11.9. The van der Waals surface area contributed by atoms with E-state index in [0.29, 0.717) is 30.2 Å². The van der Waals surface area contributed by atoms with Crippen molar-refractivity contribution in [1.29, 1.82) is 0 Å². The van der Waals surface area contributed by atoms with Gasteiger partial charge in [0.2, 0.25) is 0 Å². The largest absolute Gasteiger partial charge is 0.507 e. The van der Waals surface area contributed by atoms with Crippen LogP contribution in [0.2, 0.25) is 0 Å². The highest BCUT2D eigenvalue weighted by Crippen LogP contribution is 2.31. The van der Waals surface area contributed by atoms with Crippen LogP contribution in [0.15, 0.2) is 24.3 Å². The summed E-state index contributed by atoms with van der Waals surface area (Å²) in [4.78, 5) is 14.6. The number of para-hydroxylation sites is 1. The van der Waals surface area contributed by atoms with Gasteiger partial charge in [0.25, 0.3) is 5.91 Å². The van der Waals surface area contributed by atoms with Gasteiger partial charge in [-0.05, 0) is 44.7 Å². The van der Waals surface area contributed by atoms with E-state index in [2.05, 4.69) is 5.32 Å².